The Labute approximate surface area is 96.3 Å². The van der Waals surface area contributed by atoms with E-state index in [4.69, 9.17) is 20.0 Å². The Morgan fingerprint density at radius 2 is 1.56 bits per heavy atom. The average Bonchev–Trinajstić information content (AvgIpc) is 1.99. The maximum absolute atomic E-state index is 12.4. The zero-order valence-corrected chi connectivity index (χ0v) is 11.3. The summed E-state index contributed by atoms with van der Waals surface area (Å²) in [5.74, 6) is 0. The molecule has 3 N–H and O–H groups in total. The molecule has 96 valence electrons. The summed E-state index contributed by atoms with van der Waals surface area (Å²) >= 11 is 0. The SMILES string of the molecule is CC(C)OP(=O)(OC(C)C)/C(=N\O)C(C)N. The predicted molar refractivity (Wildman–Crippen MR) is 62.9 cm³/mol. The van der Waals surface area contributed by atoms with Crippen LogP contribution < -0.4 is 5.73 Å². The fourth-order valence-corrected chi connectivity index (χ4v) is 3.07. The quantitative estimate of drug-likeness (QED) is 0.327. The fraction of sp³-hybridized carbons (Fsp3) is 0.889. The molecule has 0 spiro atoms. The first-order valence-electron chi connectivity index (χ1n) is 5.18. The molecule has 0 aliphatic heterocycles. The van der Waals surface area contributed by atoms with E-state index < -0.39 is 13.6 Å². The Balaban J connectivity index is 5.13. The summed E-state index contributed by atoms with van der Waals surface area (Å²) in [6.45, 7) is 8.41. The van der Waals surface area contributed by atoms with E-state index in [0.717, 1.165) is 0 Å². The maximum atomic E-state index is 12.4. The second-order valence-electron chi connectivity index (χ2n) is 4.05. The summed E-state index contributed by atoms with van der Waals surface area (Å²) in [4.78, 5) is 0. The minimum Gasteiger partial charge on any atom is -0.410 e. The molecule has 1 atom stereocenters. The maximum Gasteiger partial charge on any atom is 0.380 e. The molecule has 7 heteroatoms. The van der Waals surface area contributed by atoms with E-state index in [0.29, 0.717) is 0 Å². The standard InChI is InChI=1S/C9H21N2O4P/c1-6(2)14-16(13,15-7(3)4)9(11-12)8(5)10/h6-8,12H,10H2,1-5H3/b11-9-. The molecule has 0 bridgehead atoms. The molecule has 0 aromatic heterocycles. The Kier molecular flexibility index (Phi) is 6.18. The first-order valence-corrected chi connectivity index (χ1v) is 6.72. The van der Waals surface area contributed by atoms with Crippen molar-refractivity contribution in [2.24, 2.45) is 10.9 Å². The van der Waals surface area contributed by atoms with Crippen LogP contribution in [-0.2, 0) is 13.6 Å². The summed E-state index contributed by atoms with van der Waals surface area (Å²) in [5.41, 5.74) is 5.40. The second-order valence-corrected chi connectivity index (χ2v) is 5.93. The normalized spacial score (nSPS) is 15.9. The van der Waals surface area contributed by atoms with Crippen LogP contribution in [0.15, 0.2) is 5.16 Å². The van der Waals surface area contributed by atoms with Crippen molar-refractivity contribution in [1.82, 2.24) is 0 Å². The van der Waals surface area contributed by atoms with Gasteiger partial charge in [-0.25, -0.2) is 0 Å². The lowest BCUT2D eigenvalue weighted by Gasteiger charge is -2.24. The van der Waals surface area contributed by atoms with Gasteiger partial charge in [-0.3, -0.25) is 4.57 Å². The van der Waals surface area contributed by atoms with E-state index in [2.05, 4.69) is 5.16 Å². The highest BCUT2D eigenvalue weighted by Gasteiger charge is 2.37. The van der Waals surface area contributed by atoms with Crippen LogP contribution in [-0.4, -0.2) is 28.9 Å². The summed E-state index contributed by atoms with van der Waals surface area (Å²) in [6, 6.07) is -0.701. The Hall–Kier alpha value is -0.420. The van der Waals surface area contributed by atoms with Gasteiger partial charge in [0.2, 0.25) is 0 Å². The Bertz CT molecular complexity index is 275. The number of hydrogen-bond donors (Lipinski definition) is 2. The Morgan fingerprint density at radius 3 is 1.75 bits per heavy atom. The largest absolute Gasteiger partial charge is 0.410 e. The molecule has 0 saturated heterocycles. The van der Waals surface area contributed by atoms with Crippen LogP contribution in [0.1, 0.15) is 34.6 Å². The van der Waals surface area contributed by atoms with Gasteiger partial charge in [-0.2, -0.15) is 0 Å². The molecule has 0 saturated carbocycles. The number of hydrogen-bond acceptors (Lipinski definition) is 6. The van der Waals surface area contributed by atoms with Gasteiger partial charge in [-0.1, -0.05) is 5.16 Å². The van der Waals surface area contributed by atoms with Crippen molar-refractivity contribution in [3.05, 3.63) is 0 Å². The van der Waals surface area contributed by atoms with Gasteiger partial charge in [-0.05, 0) is 34.6 Å². The molecule has 16 heavy (non-hydrogen) atoms. The van der Waals surface area contributed by atoms with E-state index in [1.807, 2.05) is 0 Å². The predicted octanol–water partition coefficient (Wildman–Crippen LogP) is 2.16. The highest BCUT2D eigenvalue weighted by atomic mass is 31.2. The zero-order valence-electron chi connectivity index (χ0n) is 10.4. The molecule has 6 nitrogen and oxygen atoms in total. The molecule has 0 aromatic rings. The lowest BCUT2D eigenvalue weighted by molar-refractivity contribution is 0.151. The molecule has 0 aliphatic carbocycles. The third-order valence-corrected chi connectivity index (χ3v) is 3.95. The molecule has 0 aliphatic rings. The van der Waals surface area contributed by atoms with Crippen molar-refractivity contribution in [3.63, 3.8) is 0 Å². The van der Waals surface area contributed by atoms with Crippen LogP contribution in [0, 0.1) is 0 Å². The lowest BCUT2D eigenvalue weighted by Crippen LogP contribution is -2.29. The van der Waals surface area contributed by atoms with Crippen LogP contribution in [0.2, 0.25) is 0 Å². The third kappa shape index (κ3) is 4.61. The van der Waals surface area contributed by atoms with Gasteiger partial charge in [0.1, 0.15) is 0 Å². The molecule has 0 heterocycles. The summed E-state index contributed by atoms with van der Waals surface area (Å²) in [5, 5.41) is 11.8. The highest BCUT2D eigenvalue weighted by Crippen LogP contribution is 2.52. The van der Waals surface area contributed by atoms with E-state index in [-0.39, 0.29) is 17.7 Å². The monoisotopic (exact) mass is 252 g/mol. The zero-order chi connectivity index (χ0) is 12.9. The van der Waals surface area contributed by atoms with Crippen LogP contribution in [0.4, 0.5) is 0 Å². The third-order valence-electron chi connectivity index (χ3n) is 1.49. The molecule has 0 radical (unpaired) electrons. The van der Waals surface area contributed by atoms with Crippen LogP contribution in [0.5, 0.6) is 0 Å². The summed E-state index contributed by atoms with van der Waals surface area (Å²) in [6.07, 6.45) is -0.639. The minimum atomic E-state index is -3.62. The van der Waals surface area contributed by atoms with Crippen molar-refractivity contribution in [2.75, 3.05) is 0 Å². The minimum absolute atomic E-state index is 0.157. The molecule has 1 unspecified atom stereocenters. The van der Waals surface area contributed by atoms with Gasteiger partial charge in [0, 0.05) is 0 Å². The first kappa shape index (κ1) is 15.6. The van der Waals surface area contributed by atoms with E-state index in [1.165, 1.54) is 0 Å². The fourth-order valence-electron chi connectivity index (χ4n) is 1.08. The first-order chi connectivity index (χ1) is 7.23. The van der Waals surface area contributed by atoms with E-state index >= 15 is 0 Å². The van der Waals surface area contributed by atoms with E-state index in [1.54, 1.807) is 34.6 Å². The smallest absolute Gasteiger partial charge is 0.380 e. The van der Waals surface area contributed by atoms with Gasteiger partial charge >= 0.3 is 7.60 Å². The van der Waals surface area contributed by atoms with Crippen LogP contribution in [0.3, 0.4) is 0 Å². The Morgan fingerprint density at radius 1 is 1.19 bits per heavy atom. The number of rotatable bonds is 6. The van der Waals surface area contributed by atoms with Crippen molar-refractivity contribution < 1.29 is 18.8 Å². The van der Waals surface area contributed by atoms with Crippen molar-refractivity contribution in [1.29, 1.82) is 0 Å². The lowest BCUT2D eigenvalue weighted by atomic mass is 10.4. The van der Waals surface area contributed by atoms with Crippen molar-refractivity contribution in [2.45, 2.75) is 52.9 Å². The van der Waals surface area contributed by atoms with Crippen molar-refractivity contribution >= 4 is 13.0 Å². The van der Waals surface area contributed by atoms with Gasteiger partial charge in [0.05, 0.1) is 18.2 Å². The van der Waals surface area contributed by atoms with Crippen LogP contribution >= 0.6 is 7.60 Å². The molecular weight excluding hydrogens is 231 g/mol. The van der Waals surface area contributed by atoms with Gasteiger partial charge in [0.25, 0.3) is 0 Å². The second kappa shape index (κ2) is 6.35. The molecule has 0 rings (SSSR count). The highest BCUT2D eigenvalue weighted by molar-refractivity contribution is 7.72. The van der Waals surface area contributed by atoms with Gasteiger partial charge in [0.15, 0.2) is 5.45 Å². The molecule has 0 aromatic carbocycles. The number of nitrogens with two attached hydrogens (primary N) is 1. The molecule has 0 amide bonds. The van der Waals surface area contributed by atoms with Gasteiger partial charge < -0.3 is 20.0 Å². The summed E-state index contributed by atoms with van der Waals surface area (Å²) < 4.78 is 22.8. The average molecular weight is 252 g/mol. The van der Waals surface area contributed by atoms with Crippen molar-refractivity contribution in [3.8, 4) is 0 Å². The topological polar surface area (TPSA) is 94.1 Å². The van der Waals surface area contributed by atoms with Crippen LogP contribution in [0.25, 0.3) is 0 Å². The van der Waals surface area contributed by atoms with E-state index in [9.17, 15) is 4.57 Å². The molecular formula is C9H21N2O4P. The number of oxime groups is 1. The molecule has 0 fully saturated rings. The number of nitrogens with zero attached hydrogens (tertiary/aromatic N) is 1. The van der Waals surface area contributed by atoms with Gasteiger partial charge in [-0.15, -0.1) is 0 Å². The summed E-state index contributed by atoms with van der Waals surface area (Å²) in [7, 11) is -3.62.